The first kappa shape index (κ1) is 22.2. The van der Waals surface area contributed by atoms with Crippen LogP contribution in [0.2, 0.25) is 0 Å². The standard InChI is InChI=1S/C25H23F3N4O2/c1-30-23-31-21-19(22(33)32(23)14-25(26,27)28)18(15-6-3-2-4-7-15)20(34-21)16-8-10-17(11-9-16)24(29)12-5-13-24/h2-4,6-11H,5,12-14,29H2,1H3,(H,30,31). The first-order chi connectivity index (χ1) is 16.2. The minimum absolute atomic E-state index is 0.00261. The Morgan fingerprint density at radius 2 is 1.76 bits per heavy atom. The van der Waals surface area contributed by atoms with Gasteiger partial charge >= 0.3 is 6.18 Å². The van der Waals surface area contributed by atoms with Crippen LogP contribution in [-0.2, 0) is 12.1 Å². The van der Waals surface area contributed by atoms with Crippen LogP contribution in [0.4, 0.5) is 19.1 Å². The van der Waals surface area contributed by atoms with Gasteiger partial charge in [0.05, 0.1) is 0 Å². The minimum atomic E-state index is -4.60. The molecule has 0 amide bonds. The summed E-state index contributed by atoms with van der Waals surface area (Å²) in [7, 11) is 1.41. The summed E-state index contributed by atoms with van der Waals surface area (Å²) >= 11 is 0. The number of nitrogens with two attached hydrogens (primary N) is 1. The highest BCUT2D eigenvalue weighted by atomic mass is 19.4. The molecule has 3 N–H and O–H groups in total. The molecule has 34 heavy (non-hydrogen) atoms. The first-order valence-corrected chi connectivity index (χ1v) is 11.0. The number of nitrogens with zero attached hydrogens (tertiary/aromatic N) is 2. The van der Waals surface area contributed by atoms with E-state index in [1.807, 2.05) is 30.3 Å². The van der Waals surface area contributed by atoms with Gasteiger partial charge in [0.1, 0.15) is 17.7 Å². The van der Waals surface area contributed by atoms with Gasteiger partial charge in [0.25, 0.3) is 5.56 Å². The molecule has 0 atom stereocenters. The number of aromatic nitrogens is 2. The third kappa shape index (κ3) is 3.75. The molecular formula is C25H23F3N4O2. The topological polar surface area (TPSA) is 86.1 Å². The smallest absolute Gasteiger partial charge is 0.406 e. The minimum Gasteiger partial charge on any atom is -0.437 e. The van der Waals surface area contributed by atoms with E-state index in [2.05, 4.69) is 10.3 Å². The molecule has 176 valence electrons. The summed E-state index contributed by atoms with van der Waals surface area (Å²) in [6.07, 6.45) is -1.67. The maximum Gasteiger partial charge on any atom is 0.406 e. The van der Waals surface area contributed by atoms with Gasteiger partial charge in [0.15, 0.2) is 0 Å². The van der Waals surface area contributed by atoms with Crippen molar-refractivity contribution in [3.05, 3.63) is 70.5 Å². The first-order valence-electron chi connectivity index (χ1n) is 11.0. The predicted octanol–water partition coefficient (Wildman–Crippen LogP) is 5.27. The van der Waals surface area contributed by atoms with Gasteiger partial charge in [0, 0.05) is 23.7 Å². The van der Waals surface area contributed by atoms with Crippen LogP contribution in [0.15, 0.2) is 63.8 Å². The third-order valence-corrected chi connectivity index (χ3v) is 6.40. The van der Waals surface area contributed by atoms with Gasteiger partial charge in [-0.15, -0.1) is 0 Å². The summed E-state index contributed by atoms with van der Waals surface area (Å²) < 4.78 is 46.4. The molecule has 0 saturated heterocycles. The van der Waals surface area contributed by atoms with Crippen LogP contribution in [0.25, 0.3) is 33.6 Å². The second kappa shape index (κ2) is 8.02. The van der Waals surface area contributed by atoms with E-state index in [4.69, 9.17) is 10.2 Å². The molecule has 6 nitrogen and oxygen atoms in total. The lowest BCUT2D eigenvalue weighted by molar-refractivity contribution is -0.140. The summed E-state index contributed by atoms with van der Waals surface area (Å²) in [5.41, 5.74) is 8.00. The number of anilines is 1. The van der Waals surface area contributed by atoms with E-state index in [1.54, 1.807) is 24.3 Å². The third-order valence-electron chi connectivity index (χ3n) is 6.40. The molecule has 1 aliphatic rings. The predicted molar refractivity (Wildman–Crippen MR) is 124 cm³/mol. The average Bonchev–Trinajstić information content (AvgIpc) is 3.19. The van der Waals surface area contributed by atoms with E-state index in [9.17, 15) is 18.0 Å². The number of benzene rings is 2. The fourth-order valence-corrected chi connectivity index (χ4v) is 4.48. The Morgan fingerprint density at radius 1 is 1.09 bits per heavy atom. The maximum absolute atomic E-state index is 13.4. The fourth-order valence-electron chi connectivity index (χ4n) is 4.48. The summed E-state index contributed by atoms with van der Waals surface area (Å²) in [4.78, 5) is 17.6. The number of rotatable bonds is 5. The quantitative estimate of drug-likeness (QED) is 0.417. The van der Waals surface area contributed by atoms with Crippen LogP contribution in [-0.4, -0.2) is 22.8 Å². The number of halogens is 3. The van der Waals surface area contributed by atoms with E-state index >= 15 is 0 Å². The molecule has 0 spiro atoms. The number of furan rings is 1. The van der Waals surface area contributed by atoms with Gasteiger partial charge in [-0.05, 0) is 30.4 Å². The highest BCUT2D eigenvalue weighted by Crippen LogP contribution is 2.42. The molecule has 5 rings (SSSR count). The monoisotopic (exact) mass is 468 g/mol. The number of fused-ring (bicyclic) bond motifs is 1. The summed E-state index contributed by atoms with van der Waals surface area (Å²) in [6.45, 7) is -1.47. The number of hydrogen-bond acceptors (Lipinski definition) is 5. The van der Waals surface area contributed by atoms with Gasteiger partial charge in [-0.25, -0.2) is 0 Å². The van der Waals surface area contributed by atoms with Gasteiger partial charge in [0.2, 0.25) is 11.7 Å². The normalized spacial score (nSPS) is 15.3. The molecule has 4 aromatic rings. The summed E-state index contributed by atoms with van der Waals surface area (Å²) in [6, 6.07) is 16.6. The van der Waals surface area contributed by atoms with Crippen molar-refractivity contribution >= 4 is 17.0 Å². The Labute approximate surface area is 193 Å². The van der Waals surface area contributed by atoms with Crippen LogP contribution >= 0.6 is 0 Å². The Kier molecular flexibility index (Phi) is 5.24. The molecule has 0 radical (unpaired) electrons. The second-order valence-electron chi connectivity index (χ2n) is 8.63. The van der Waals surface area contributed by atoms with Crippen molar-refractivity contribution in [1.29, 1.82) is 0 Å². The van der Waals surface area contributed by atoms with Crippen molar-refractivity contribution in [2.45, 2.75) is 37.5 Å². The van der Waals surface area contributed by atoms with Crippen molar-refractivity contribution < 1.29 is 17.6 Å². The summed E-state index contributed by atoms with van der Waals surface area (Å²) in [5.74, 6) is 0.143. The molecule has 9 heteroatoms. The number of hydrogen-bond donors (Lipinski definition) is 2. The van der Waals surface area contributed by atoms with E-state index in [1.165, 1.54) is 7.05 Å². The van der Waals surface area contributed by atoms with Crippen LogP contribution in [0.3, 0.4) is 0 Å². The lowest BCUT2D eigenvalue weighted by Gasteiger charge is -2.38. The number of nitrogens with one attached hydrogen (secondary N) is 1. The van der Waals surface area contributed by atoms with Gasteiger partial charge in [-0.1, -0.05) is 54.6 Å². The molecule has 0 unspecified atom stereocenters. The van der Waals surface area contributed by atoms with Crippen LogP contribution in [0.1, 0.15) is 24.8 Å². The second-order valence-corrected chi connectivity index (χ2v) is 8.63. The van der Waals surface area contributed by atoms with Crippen molar-refractivity contribution in [2.75, 3.05) is 12.4 Å². The van der Waals surface area contributed by atoms with E-state index in [0.29, 0.717) is 27.0 Å². The molecular weight excluding hydrogens is 445 g/mol. The largest absolute Gasteiger partial charge is 0.437 e. The molecule has 1 saturated carbocycles. The SMILES string of the molecule is CNc1nc2oc(-c3ccc(C4(N)CCC4)cc3)c(-c3ccccc3)c2c(=O)n1CC(F)(F)F. The Hall–Kier alpha value is -3.59. The average molecular weight is 468 g/mol. The molecule has 0 aliphatic heterocycles. The fraction of sp³-hybridized carbons (Fsp3) is 0.280. The van der Waals surface area contributed by atoms with Crippen molar-refractivity contribution in [1.82, 2.24) is 9.55 Å². The van der Waals surface area contributed by atoms with Crippen molar-refractivity contribution in [3.63, 3.8) is 0 Å². The summed E-state index contributed by atoms with van der Waals surface area (Å²) in [5, 5.41) is 2.58. The molecule has 1 fully saturated rings. The van der Waals surface area contributed by atoms with Crippen molar-refractivity contribution in [3.8, 4) is 22.5 Å². The van der Waals surface area contributed by atoms with Gasteiger partial charge in [-0.2, -0.15) is 18.2 Å². The maximum atomic E-state index is 13.4. The lowest BCUT2D eigenvalue weighted by Crippen LogP contribution is -2.43. The Bertz CT molecular complexity index is 1400. The molecule has 2 aromatic heterocycles. The lowest BCUT2D eigenvalue weighted by atomic mass is 9.72. The molecule has 1 aliphatic carbocycles. The zero-order chi connectivity index (χ0) is 24.1. The van der Waals surface area contributed by atoms with Crippen LogP contribution in [0.5, 0.6) is 0 Å². The Morgan fingerprint density at radius 3 is 2.32 bits per heavy atom. The van der Waals surface area contributed by atoms with E-state index in [0.717, 1.165) is 24.8 Å². The zero-order valence-corrected chi connectivity index (χ0v) is 18.4. The molecule has 0 bridgehead atoms. The van der Waals surface area contributed by atoms with Gasteiger partial charge in [-0.3, -0.25) is 9.36 Å². The highest BCUT2D eigenvalue weighted by Gasteiger charge is 2.35. The highest BCUT2D eigenvalue weighted by molar-refractivity contribution is 6.00. The Balaban J connectivity index is 1.75. The van der Waals surface area contributed by atoms with Crippen LogP contribution in [0, 0.1) is 0 Å². The number of alkyl halides is 3. The van der Waals surface area contributed by atoms with E-state index in [-0.39, 0.29) is 22.6 Å². The zero-order valence-electron chi connectivity index (χ0n) is 18.4. The van der Waals surface area contributed by atoms with Gasteiger partial charge < -0.3 is 15.5 Å². The molecule has 2 heterocycles. The van der Waals surface area contributed by atoms with Crippen LogP contribution < -0.4 is 16.6 Å². The van der Waals surface area contributed by atoms with E-state index < -0.39 is 18.3 Å². The van der Waals surface area contributed by atoms with Crippen molar-refractivity contribution in [2.24, 2.45) is 5.73 Å². The molecule has 2 aromatic carbocycles.